The molecule has 0 saturated heterocycles. The highest BCUT2D eigenvalue weighted by Gasteiger charge is 2.34. The Morgan fingerprint density at radius 1 is 1.15 bits per heavy atom. The van der Waals surface area contributed by atoms with Crippen LogP contribution in [-0.4, -0.2) is 33.9 Å². The number of thioether (sulfide) groups is 1. The molecule has 1 aliphatic heterocycles. The van der Waals surface area contributed by atoms with E-state index in [4.69, 9.17) is 0 Å². The van der Waals surface area contributed by atoms with Crippen LogP contribution in [0.15, 0.2) is 53.4 Å². The molecule has 0 spiro atoms. The van der Waals surface area contributed by atoms with Crippen molar-refractivity contribution in [2.75, 3.05) is 17.2 Å². The minimum Gasteiger partial charge on any atom is -0.350 e. The van der Waals surface area contributed by atoms with Crippen LogP contribution >= 0.6 is 11.8 Å². The van der Waals surface area contributed by atoms with Crippen molar-refractivity contribution in [2.45, 2.75) is 31.5 Å². The maximum atomic E-state index is 13.8. The van der Waals surface area contributed by atoms with Gasteiger partial charge in [-0.1, -0.05) is 18.2 Å². The van der Waals surface area contributed by atoms with Gasteiger partial charge in [0.2, 0.25) is 11.8 Å². The lowest BCUT2D eigenvalue weighted by atomic mass is 10.1. The zero-order valence-electron chi connectivity index (χ0n) is 17.9. The molecular weight excluding hydrogens is 453 g/mol. The van der Waals surface area contributed by atoms with Gasteiger partial charge in [-0.25, -0.2) is 4.68 Å². The second-order valence-corrected chi connectivity index (χ2v) is 8.71. The number of hydrogen-bond donors (Lipinski definition) is 1. The molecule has 0 bridgehead atoms. The number of para-hydroxylation sites is 1. The summed E-state index contributed by atoms with van der Waals surface area (Å²) < 4.78 is 42.7. The lowest BCUT2D eigenvalue weighted by Crippen LogP contribution is -2.43. The van der Waals surface area contributed by atoms with Crippen molar-refractivity contribution in [2.24, 2.45) is 0 Å². The minimum atomic E-state index is -4.61. The van der Waals surface area contributed by atoms with Crippen LogP contribution in [0.1, 0.15) is 22.5 Å². The quantitative estimate of drug-likeness (QED) is 0.600. The molecule has 0 unspecified atom stereocenters. The molecule has 1 N–H and O–H groups in total. The summed E-state index contributed by atoms with van der Waals surface area (Å²) in [6.07, 6.45) is -4.61. The van der Waals surface area contributed by atoms with Crippen molar-refractivity contribution in [1.82, 2.24) is 15.1 Å². The van der Waals surface area contributed by atoms with Crippen molar-refractivity contribution >= 4 is 29.3 Å². The highest BCUT2D eigenvalue weighted by molar-refractivity contribution is 8.00. The van der Waals surface area contributed by atoms with E-state index >= 15 is 0 Å². The number of hydrogen-bond acceptors (Lipinski definition) is 4. The molecule has 10 heteroatoms. The van der Waals surface area contributed by atoms with Crippen molar-refractivity contribution in [3.8, 4) is 5.69 Å². The fraction of sp³-hybridized carbons (Fsp3) is 0.261. The van der Waals surface area contributed by atoms with Gasteiger partial charge < -0.3 is 10.2 Å². The number of nitrogens with one attached hydrogen (secondary N) is 1. The van der Waals surface area contributed by atoms with Crippen molar-refractivity contribution < 1.29 is 22.8 Å². The zero-order chi connectivity index (χ0) is 23.8. The standard InChI is InChI=1S/C23H21F3N4O2S/c1-14-9-15(2)30(28-14)17-8-7-16(18(10-17)23(24,25)26)11-27-21(31)12-29-19-5-3-4-6-20(19)33-13-22(29)32/h3-10H,11-13H2,1-2H3,(H,27,31). The smallest absolute Gasteiger partial charge is 0.350 e. The molecule has 4 rings (SSSR count). The average molecular weight is 475 g/mol. The fourth-order valence-corrected chi connectivity index (χ4v) is 4.66. The van der Waals surface area contributed by atoms with Crippen molar-refractivity contribution in [3.05, 3.63) is 71.0 Å². The lowest BCUT2D eigenvalue weighted by Gasteiger charge is -2.28. The molecule has 33 heavy (non-hydrogen) atoms. The lowest BCUT2D eigenvalue weighted by molar-refractivity contribution is -0.138. The summed E-state index contributed by atoms with van der Waals surface area (Å²) in [5, 5.41) is 6.76. The van der Waals surface area contributed by atoms with E-state index in [-0.39, 0.29) is 36.0 Å². The number of alkyl halides is 3. The summed E-state index contributed by atoms with van der Waals surface area (Å²) >= 11 is 1.39. The number of amides is 2. The number of carbonyl (C=O) groups excluding carboxylic acids is 2. The van der Waals surface area contributed by atoms with Gasteiger partial charge in [-0.15, -0.1) is 11.8 Å². The summed E-state index contributed by atoms with van der Waals surface area (Å²) in [7, 11) is 0. The molecule has 6 nitrogen and oxygen atoms in total. The molecule has 2 heterocycles. The number of carbonyl (C=O) groups is 2. The molecule has 2 amide bonds. The van der Waals surface area contributed by atoms with E-state index in [9.17, 15) is 22.8 Å². The molecule has 0 atom stereocenters. The topological polar surface area (TPSA) is 67.2 Å². The maximum Gasteiger partial charge on any atom is 0.416 e. The SMILES string of the molecule is Cc1cc(C)n(-c2ccc(CNC(=O)CN3C(=O)CSc4ccccc43)c(C(F)(F)F)c2)n1. The van der Waals surface area contributed by atoms with E-state index in [2.05, 4.69) is 10.4 Å². The van der Waals surface area contributed by atoms with Crippen LogP contribution in [0.5, 0.6) is 0 Å². The largest absolute Gasteiger partial charge is 0.416 e. The normalized spacial score (nSPS) is 13.7. The Balaban J connectivity index is 1.52. The highest BCUT2D eigenvalue weighted by Crippen LogP contribution is 2.35. The summed E-state index contributed by atoms with van der Waals surface area (Å²) in [5.41, 5.74) is 1.41. The van der Waals surface area contributed by atoms with Gasteiger partial charge in [0.25, 0.3) is 0 Å². The Morgan fingerprint density at radius 2 is 1.91 bits per heavy atom. The first kappa shape index (κ1) is 22.9. The third-order valence-corrected chi connectivity index (χ3v) is 6.29. The zero-order valence-corrected chi connectivity index (χ0v) is 18.8. The third-order valence-electron chi connectivity index (χ3n) is 5.24. The minimum absolute atomic E-state index is 0.0675. The highest BCUT2D eigenvalue weighted by atomic mass is 32.2. The van der Waals surface area contributed by atoms with Crippen LogP contribution in [0, 0.1) is 13.8 Å². The van der Waals surface area contributed by atoms with Gasteiger partial charge in [-0.3, -0.25) is 9.59 Å². The van der Waals surface area contributed by atoms with Crippen LogP contribution < -0.4 is 10.2 Å². The van der Waals surface area contributed by atoms with Gasteiger partial charge in [0.1, 0.15) is 6.54 Å². The van der Waals surface area contributed by atoms with Crippen LogP contribution in [-0.2, 0) is 22.3 Å². The van der Waals surface area contributed by atoms with Gasteiger partial charge in [0.15, 0.2) is 0 Å². The van der Waals surface area contributed by atoms with Gasteiger partial charge in [0, 0.05) is 17.1 Å². The fourth-order valence-electron chi connectivity index (χ4n) is 3.73. The van der Waals surface area contributed by atoms with Gasteiger partial charge >= 0.3 is 6.18 Å². The van der Waals surface area contributed by atoms with E-state index in [1.54, 1.807) is 32.0 Å². The molecule has 3 aromatic rings. The average Bonchev–Trinajstić information content (AvgIpc) is 3.11. The summed E-state index contributed by atoms with van der Waals surface area (Å²) in [4.78, 5) is 27.1. The monoisotopic (exact) mass is 474 g/mol. The van der Waals surface area contributed by atoms with Crippen LogP contribution in [0.2, 0.25) is 0 Å². The van der Waals surface area contributed by atoms with Gasteiger partial charge in [0.05, 0.1) is 28.4 Å². The molecule has 2 aromatic carbocycles. The Labute approximate surface area is 192 Å². The van der Waals surface area contributed by atoms with Crippen LogP contribution in [0.4, 0.5) is 18.9 Å². The van der Waals surface area contributed by atoms with Gasteiger partial charge in [-0.2, -0.15) is 18.3 Å². The Kier molecular flexibility index (Phi) is 6.20. The first-order valence-electron chi connectivity index (χ1n) is 10.2. The molecule has 1 aromatic heterocycles. The second kappa shape index (κ2) is 8.93. The number of aryl methyl sites for hydroxylation is 2. The molecule has 0 radical (unpaired) electrons. The molecular formula is C23H21F3N4O2S. The van der Waals surface area contributed by atoms with Crippen LogP contribution in [0.3, 0.4) is 0 Å². The molecule has 0 aliphatic carbocycles. The predicted molar refractivity (Wildman–Crippen MR) is 119 cm³/mol. The van der Waals surface area contributed by atoms with E-state index in [0.717, 1.165) is 11.0 Å². The molecule has 0 fully saturated rings. The summed E-state index contributed by atoms with van der Waals surface area (Å²) in [6.45, 7) is 2.95. The molecule has 172 valence electrons. The Hall–Kier alpha value is -3.27. The van der Waals surface area contributed by atoms with Crippen LogP contribution in [0.25, 0.3) is 5.69 Å². The van der Waals surface area contributed by atoms with E-state index in [1.807, 2.05) is 12.1 Å². The second-order valence-electron chi connectivity index (χ2n) is 7.69. The molecule has 0 saturated carbocycles. The summed E-state index contributed by atoms with van der Waals surface area (Å²) in [5.74, 6) is -0.559. The molecule has 1 aliphatic rings. The van der Waals surface area contributed by atoms with Crippen molar-refractivity contribution in [3.63, 3.8) is 0 Å². The summed E-state index contributed by atoms with van der Waals surface area (Å²) in [6, 6.07) is 12.9. The number of halogens is 3. The number of nitrogens with zero attached hydrogens (tertiary/aromatic N) is 3. The van der Waals surface area contributed by atoms with Gasteiger partial charge in [-0.05, 0) is 49.7 Å². The maximum absolute atomic E-state index is 13.8. The third kappa shape index (κ3) is 4.90. The first-order valence-corrected chi connectivity index (χ1v) is 11.1. The number of rotatable bonds is 5. The van der Waals surface area contributed by atoms with E-state index in [1.165, 1.54) is 33.5 Å². The first-order chi connectivity index (χ1) is 15.6. The van der Waals surface area contributed by atoms with E-state index in [0.29, 0.717) is 17.1 Å². The van der Waals surface area contributed by atoms with Crippen molar-refractivity contribution in [1.29, 1.82) is 0 Å². The number of fused-ring (bicyclic) bond motifs is 1. The Morgan fingerprint density at radius 3 is 2.61 bits per heavy atom. The van der Waals surface area contributed by atoms with E-state index < -0.39 is 17.6 Å². The Bertz CT molecular complexity index is 1220. The number of benzene rings is 2. The number of anilines is 1. The number of aromatic nitrogens is 2. The predicted octanol–water partition coefficient (Wildman–Crippen LogP) is 4.26.